The third kappa shape index (κ3) is 3.67. The number of benzene rings is 3. The first-order valence-corrected chi connectivity index (χ1v) is 11.1. The Morgan fingerprint density at radius 3 is 2.33 bits per heavy atom. The number of nitrogens with zero attached hydrogens (tertiary/aromatic N) is 1. The van der Waals surface area contributed by atoms with E-state index in [0.717, 1.165) is 51.7 Å². The second-order valence-corrected chi connectivity index (χ2v) is 8.57. The zero-order chi connectivity index (χ0) is 24.3. The number of methoxy groups -OCH3 is 2. The Labute approximate surface area is 211 Å². The molecule has 0 saturated carbocycles. The summed E-state index contributed by atoms with van der Waals surface area (Å²) in [6.45, 7) is 0.839. The van der Waals surface area contributed by atoms with Gasteiger partial charge in [-0.15, -0.1) is 0 Å². The van der Waals surface area contributed by atoms with Gasteiger partial charge in [-0.05, 0) is 47.5 Å². The molecule has 0 spiro atoms. The SMILES string of the molecule is COc1ccc2c(Cc3cc(F)c(F)c(F)c3)c3[n+](cc2c1OC)CCc1cc2c(cc1-3)OCO2.[Cl-]. The number of fused-ring (bicyclic) bond motifs is 5. The van der Waals surface area contributed by atoms with Gasteiger partial charge in [0.05, 0.1) is 25.2 Å². The molecule has 36 heavy (non-hydrogen) atoms. The number of rotatable bonds is 4. The monoisotopic (exact) mass is 515 g/mol. The highest BCUT2D eigenvalue weighted by atomic mass is 35.5. The molecular weight excluding hydrogens is 495 g/mol. The van der Waals surface area contributed by atoms with Crippen molar-refractivity contribution in [1.82, 2.24) is 0 Å². The van der Waals surface area contributed by atoms with Crippen molar-refractivity contribution in [3.8, 4) is 34.3 Å². The minimum atomic E-state index is -1.48. The van der Waals surface area contributed by atoms with Crippen molar-refractivity contribution in [2.45, 2.75) is 19.4 Å². The van der Waals surface area contributed by atoms with Gasteiger partial charge >= 0.3 is 0 Å². The topological polar surface area (TPSA) is 40.8 Å². The molecule has 6 rings (SSSR count). The maximum atomic E-state index is 14.1. The Bertz CT molecular complexity index is 1500. The summed E-state index contributed by atoms with van der Waals surface area (Å²) >= 11 is 0. The quantitative estimate of drug-likeness (QED) is 0.308. The Hall–Kier alpha value is -3.65. The fourth-order valence-electron chi connectivity index (χ4n) is 5.10. The van der Waals surface area contributed by atoms with Crippen LogP contribution < -0.4 is 35.9 Å². The van der Waals surface area contributed by atoms with Crippen molar-refractivity contribution in [2.24, 2.45) is 0 Å². The number of ether oxygens (including phenoxy) is 4. The number of aryl methyl sites for hydroxylation is 2. The van der Waals surface area contributed by atoms with Gasteiger partial charge in [-0.2, -0.15) is 4.57 Å². The first kappa shape index (κ1) is 24.1. The Kier molecular flexibility index (Phi) is 6.08. The van der Waals surface area contributed by atoms with E-state index in [1.165, 1.54) is 0 Å². The van der Waals surface area contributed by atoms with E-state index in [2.05, 4.69) is 4.57 Å². The fourth-order valence-corrected chi connectivity index (χ4v) is 5.10. The van der Waals surface area contributed by atoms with Gasteiger partial charge in [-0.3, -0.25) is 0 Å². The Morgan fingerprint density at radius 2 is 1.64 bits per heavy atom. The second-order valence-electron chi connectivity index (χ2n) is 8.57. The highest BCUT2D eigenvalue weighted by Gasteiger charge is 2.32. The van der Waals surface area contributed by atoms with Crippen LogP contribution in [0.3, 0.4) is 0 Å². The van der Waals surface area contributed by atoms with Crippen LogP contribution in [0.4, 0.5) is 13.2 Å². The predicted molar refractivity (Wildman–Crippen MR) is 122 cm³/mol. The van der Waals surface area contributed by atoms with Crippen LogP contribution in [-0.4, -0.2) is 21.0 Å². The summed E-state index contributed by atoms with van der Waals surface area (Å²) in [7, 11) is 3.14. The smallest absolute Gasteiger partial charge is 0.231 e. The zero-order valence-electron chi connectivity index (χ0n) is 19.5. The number of halogens is 4. The Balaban J connectivity index is 0.00000267. The molecule has 0 fully saturated rings. The van der Waals surface area contributed by atoms with Crippen LogP contribution in [0.15, 0.2) is 42.6 Å². The van der Waals surface area contributed by atoms with Crippen molar-refractivity contribution in [3.05, 3.63) is 76.7 Å². The van der Waals surface area contributed by atoms with E-state index in [0.29, 0.717) is 35.1 Å². The molecule has 0 unspecified atom stereocenters. The molecule has 186 valence electrons. The van der Waals surface area contributed by atoms with Gasteiger partial charge in [0.25, 0.3) is 0 Å². The molecule has 3 heterocycles. The van der Waals surface area contributed by atoms with Crippen LogP contribution in [-0.2, 0) is 19.4 Å². The van der Waals surface area contributed by atoms with Crippen molar-refractivity contribution >= 4 is 10.8 Å². The predicted octanol–water partition coefficient (Wildman–Crippen LogP) is 2.11. The summed E-state index contributed by atoms with van der Waals surface area (Å²) in [5, 5.41) is 1.64. The van der Waals surface area contributed by atoms with Crippen molar-refractivity contribution in [2.75, 3.05) is 21.0 Å². The van der Waals surface area contributed by atoms with Crippen molar-refractivity contribution in [3.63, 3.8) is 0 Å². The maximum Gasteiger partial charge on any atom is 0.231 e. The number of hydrogen-bond acceptors (Lipinski definition) is 4. The van der Waals surface area contributed by atoms with Crippen molar-refractivity contribution in [1.29, 1.82) is 0 Å². The largest absolute Gasteiger partial charge is 1.00 e. The van der Waals surface area contributed by atoms with Gasteiger partial charge in [0.1, 0.15) is 0 Å². The van der Waals surface area contributed by atoms with E-state index >= 15 is 0 Å². The molecule has 0 aliphatic carbocycles. The van der Waals surface area contributed by atoms with E-state index in [4.69, 9.17) is 18.9 Å². The highest BCUT2D eigenvalue weighted by molar-refractivity contribution is 5.95. The van der Waals surface area contributed by atoms with Gasteiger partial charge in [-0.1, -0.05) is 0 Å². The highest BCUT2D eigenvalue weighted by Crippen LogP contribution is 2.44. The van der Waals surface area contributed by atoms with Gasteiger partial charge in [0, 0.05) is 23.8 Å². The van der Waals surface area contributed by atoms with Crippen LogP contribution in [0, 0.1) is 17.5 Å². The summed E-state index contributed by atoms with van der Waals surface area (Å²) < 4.78 is 66.4. The van der Waals surface area contributed by atoms with Gasteiger partial charge in [0.2, 0.25) is 12.5 Å². The molecule has 0 amide bonds. The molecule has 3 aromatic carbocycles. The molecule has 2 aliphatic rings. The van der Waals surface area contributed by atoms with E-state index in [-0.39, 0.29) is 25.6 Å². The molecule has 0 bridgehead atoms. The number of pyridine rings is 1. The molecule has 5 nitrogen and oxygen atoms in total. The van der Waals surface area contributed by atoms with Crippen LogP contribution >= 0.6 is 0 Å². The third-order valence-electron chi connectivity index (χ3n) is 6.67. The molecule has 0 saturated heterocycles. The summed E-state index contributed by atoms with van der Waals surface area (Å²) in [6, 6.07) is 9.73. The molecular formula is C27H21ClF3NO4. The summed E-state index contributed by atoms with van der Waals surface area (Å²) in [6.07, 6.45) is 2.94. The lowest BCUT2D eigenvalue weighted by Gasteiger charge is -2.21. The van der Waals surface area contributed by atoms with E-state index in [1.807, 2.05) is 24.4 Å². The first-order chi connectivity index (χ1) is 17.0. The van der Waals surface area contributed by atoms with Crippen molar-refractivity contribution < 1.29 is 49.1 Å². The van der Waals surface area contributed by atoms with Crippen LogP contribution in [0.5, 0.6) is 23.0 Å². The molecule has 2 aliphatic heterocycles. The normalized spacial score (nSPS) is 13.1. The third-order valence-corrected chi connectivity index (χ3v) is 6.67. The van der Waals surface area contributed by atoms with E-state index in [1.54, 1.807) is 20.3 Å². The average Bonchev–Trinajstić information content (AvgIpc) is 3.32. The van der Waals surface area contributed by atoms with Gasteiger partial charge in [-0.25, -0.2) is 13.2 Å². The molecule has 4 aromatic rings. The summed E-state index contributed by atoms with van der Waals surface area (Å²) in [5.41, 5.74) is 4.09. The molecule has 1 aromatic heterocycles. The fraction of sp³-hybridized carbons (Fsp3) is 0.222. The van der Waals surface area contributed by atoms with Crippen LogP contribution in [0.1, 0.15) is 16.7 Å². The summed E-state index contributed by atoms with van der Waals surface area (Å²) in [4.78, 5) is 0. The standard InChI is InChI=1S/C27H21F3NO4.ClH/c1-32-22-4-3-16-18(7-14-8-20(28)25(30)21(29)9-14)26-17-11-24-23(34-13-35-24)10-15(17)5-6-31(26)12-19(16)27(22)33-2;/h3-4,8-12H,5-7,13H2,1-2H3;1H/q+1;/p-1. The Morgan fingerprint density at radius 1 is 0.917 bits per heavy atom. The van der Waals surface area contributed by atoms with E-state index in [9.17, 15) is 13.2 Å². The molecule has 0 atom stereocenters. The molecule has 0 N–H and O–H groups in total. The molecule has 9 heteroatoms. The average molecular weight is 516 g/mol. The lowest BCUT2D eigenvalue weighted by Crippen LogP contribution is -3.00. The number of hydrogen-bond donors (Lipinski definition) is 0. The second kappa shape index (κ2) is 9.09. The minimum Gasteiger partial charge on any atom is -1.00 e. The van der Waals surface area contributed by atoms with Crippen LogP contribution in [0.2, 0.25) is 0 Å². The lowest BCUT2D eigenvalue weighted by atomic mass is 9.88. The summed E-state index contributed by atoms with van der Waals surface area (Å²) in [5.74, 6) is -1.43. The number of aromatic nitrogens is 1. The minimum absolute atomic E-state index is 0. The zero-order valence-corrected chi connectivity index (χ0v) is 20.2. The van der Waals surface area contributed by atoms with Gasteiger partial charge in [0.15, 0.2) is 53.2 Å². The van der Waals surface area contributed by atoms with Gasteiger partial charge < -0.3 is 31.4 Å². The van der Waals surface area contributed by atoms with Crippen LogP contribution in [0.25, 0.3) is 22.0 Å². The maximum absolute atomic E-state index is 14.1. The first-order valence-electron chi connectivity index (χ1n) is 11.1. The van der Waals surface area contributed by atoms with E-state index < -0.39 is 17.5 Å². The lowest BCUT2D eigenvalue weighted by molar-refractivity contribution is -0.686. The molecule has 0 radical (unpaired) electrons.